The molecule has 12 heteroatoms. The Hall–Kier alpha value is -4.25. The summed E-state index contributed by atoms with van der Waals surface area (Å²) < 4.78 is 79.0. The van der Waals surface area contributed by atoms with Crippen LogP contribution < -0.4 is 4.90 Å². The Morgan fingerprint density at radius 1 is 0.700 bits per heavy atom. The van der Waals surface area contributed by atoms with Crippen molar-refractivity contribution in [3.05, 3.63) is 112 Å². The molecule has 0 saturated heterocycles. The summed E-state index contributed by atoms with van der Waals surface area (Å²) in [4.78, 5) is 35.1. The zero-order chi connectivity index (χ0) is 29.4. The van der Waals surface area contributed by atoms with Gasteiger partial charge >= 0.3 is 12.4 Å². The number of halogens is 7. The molecule has 0 bridgehead atoms. The average molecular weight is 578 g/mol. The van der Waals surface area contributed by atoms with Gasteiger partial charge in [-0.25, -0.2) is 14.9 Å². The van der Waals surface area contributed by atoms with Gasteiger partial charge in [0.2, 0.25) is 0 Å². The number of carbonyl (C=O) groups is 2. The maximum absolute atomic E-state index is 13.8. The summed E-state index contributed by atoms with van der Waals surface area (Å²) in [6, 6.07) is 15.9. The van der Waals surface area contributed by atoms with Crippen molar-refractivity contribution in [3.63, 3.8) is 0 Å². The van der Waals surface area contributed by atoms with Crippen LogP contribution in [0.15, 0.2) is 72.8 Å². The summed E-state index contributed by atoms with van der Waals surface area (Å²) in [6.45, 7) is 2.35. The molecule has 0 aliphatic heterocycles. The topological polar surface area (TPSA) is 63.2 Å². The highest BCUT2D eigenvalue weighted by molar-refractivity contribution is 6.34. The third kappa shape index (κ3) is 5.84. The molecular weight excluding hydrogens is 560 g/mol. The summed E-state index contributed by atoms with van der Waals surface area (Å²) in [5.74, 6) is -2.10. The fourth-order valence-corrected chi connectivity index (χ4v) is 4.18. The Labute approximate surface area is 229 Å². The van der Waals surface area contributed by atoms with Crippen LogP contribution in [-0.4, -0.2) is 21.8 Å². The molecule has 4 rings (SSSR count). The number of alkyl halides is 6. The van der Waals surface area contributed by atoms with Gasteiger partial charge in [-0.2, -0.15) is 26.3 Å². The Morgan fingerprint density at radius 2 is 1.18 bits per heavy atom. The summed E-state index contributed by atoms with van der Waals surface area (Å²) >= 11 is 6.38. The van der Waals surface area contributed by atoms with Crippen LogP contribution >= 0.6 is 11.6 Å². The third-order valence-corrected chi connectivity index (χ3v) is 6.24. The van der Waals surface area contributed by atoms with E-state index in [0.717, 1.165) is 12.1 Å². The highest BCUT2D eigenvalue weighted by atomic mass is 35.5. The summed E-state index contributed by atoms with van der Waals surface area (Å²) in [5.41, 5.74) is -2.71. The van der Waals surface area contributed by atoms with Crippen LogP contribution in [0.4, 0.5) is 32.0 Å². The molecule has 0 fully saturated rings. The minimum atomic E-state index is -4.77. The third-order valence-electron chi connectivity index (χ3n) is 5.91. The van der Waals surface area contributed by atoms with Gasteiger partial charge in [0.1, 0.15) is 11.4 Å². The summed E-state index contributed by atoms with van der Waals surface area (Å²) in [7, 11) is 0. The van der Waals surface area contributed by atoms with Gasteiger partial charge in [0, 0.05) is 10.6 Å². The highest BCUT2D eigenvalue weighted by Crippen LogP contribution is 2.35. The second-order valence-corrected chi connectivity index (χ2v) is 9.04. The molecule has 2 aromatic carbocycles. The highest BCUT2D eigenvalue weighted by Gasteiger charge is 2.36. The summed E-state index contributed by atoms with van der Waals surface area (Å²) in [5, 5.41) is 0.273. The van der Waals surface area contributed by atoms with Gasteiger partial charge in [0.05, 0.1) is 28.2 Å². The van der Waals surface area contributed by atoms with E-state index in [1.165, 1.54) is 32.0 Å². The number of amides is 2. The lowest BCUT2D eigenvalue weighted by Gasteiger charge is -2.24. The zero-order valence-corrected chi connectivity index (χ0v) is 21.5. The molecule has 206 valence electrons. The smallest absolute Gasteiger partial charge is 0.268 e. The quantitative estimate of drug-likeness (QED) is 0.182. The monoisotopic (exact) mass is 577 g/mol. The molecule has 0 aliphatic carbocycles. The van der Waals surface area contributed by atoms with Crippen molar-refractivity contribution < 1.29 is 35.9 Å². The van der Waals surface area contributed by atoms with E-state index in [4.69, 9.17) is 11.6 Å². The van der Waals surface area contributed by atoms with Gasteiger partial charge in [-0.3, -0.25) is 9.59 Å². The number of benzene rings is 2. The van der Waals surface area contributed by atoms with Crippen LogP contribution in [0.1, 0.15) is 43.5 Å². The second-order valence-electron chi connectivity index (χ2n) is 8.63. The average Bonchev–Trinajstić information content (AvgIpc) is 2.89. The Morgan fingerprint density at radius 3 is 1.60 bits per heavy atom. The molecule has 0 aliphatic rings. The van der Waals surface area contributed by atoms with Gasteiger partial charge in [0.25, 0.3) is 11.8 Å². The van der Waals surface area contributed by atoms with Crippen LogP contribution in [0.25, 0.3) is 11.1 Å². The van der Waals surface area contributed by atoms with Crippen molar-refractivity contribution in [1.29, 1.82) is 0 Å². The number of anilines is 1. The predicted molar refractivity (Wildman–Crippen MR) is 136 cm³/mol. The van der Waals surface area contributed by atoms with Gasteiger partial charge in [-0.05, 0) is 61.9 Å². The first kappa shape index (κ1) is 28.8. The maximum atomic E-state index is 13.8. The molecule has 2 heterocycles. The fraction of sp³-hybridized carbons (Fsp3) is 0.143. The molecule has 2 amide bonds. The lowest BCUT2D eigenvalue weighted by molar-refractivity contribution is -0.142. The number of imide groups is 1. The van der Waals surface area contributed by atoms with Gasteiger partial charge in [-0.1, -0.05) is 41.9 Å². The van der Waals surface area contributed by atoms with E-state index in [2.05, 4.69) is 9.97 Å². The standard InChI is InChI=1S/C28H18ClF6N3O2/c1-15-19(9-12-23(36-15)27(30,31)32)25(39)38(26(40)20-10-13-24(28(33,34)35)37-16(20)2)18-8-11-22(29)21(14-18)17-6-4-3-5-7-17/h3-14H,1-2H3. The normalized spacial score (nSPS) is 11.8. The molecule has 0 N–H and O–H groups in total. The van der Waals surface area contributed by atoms with Crippen LogP contribution in [0.2, 0.25) is 5.02 Å². The van der Waals surface area contributed by atoms with E-state index in [0.29, 0.717) is 28.2 Å². The van der Waals surface area contributed by atoms with Crippen molar-refractivity contribution >= 4 is 29.1 Å². The number of hydrogen-bond donors (Lipinski definition) is 0. The van der Waals surface area contributed by atoms with Crippen LogP contribution in [-0.2, 0) is 12.4 Å². The molecule has 4 aromatic rings. The number of hydrogen-bond acceptors (Lipinski definition) is 4. The summed E-state index contributed by atoms with van der Waals surface area (Å²) in [6.07, 6.45) is -9.54. The SMILES string of the molecule is Cc1nc(C(F)(F)F)ccc1C(=O)N(C(=O)c1ccc(C(F)(F)F)nc1C)c1ccc(Cl)c(-c2ccccc2)c1. The van der Waals surface area contributed by atoms with Crippen molar-refractivity contribution in [3.8, 4) is 11.1 Å². The lowest BCUT2D eigenvalue weighted by atomic mass is 10.0. The van der Waals surface area contributed by atoms with E-state index in [-0.39, 0.29) is 33.2 Å². The van der Waals surface area contributed by atoms with Crippen LogP contribution in [0, 0.1) is 13.8 Å². The predicted octanol–water partition coefficient (Wildman–Crippen LogP) is 7.94. The largest absolute Gasteiger partial charge is 0.433 e. The Balaban J connectivity index is 1.88. The maximum Gasteiger partial charge on any atom is 0.433 e. The van der Waals surface area contributed by atoms with Gasteiger partial charge < -0.3 is 0 Å². The first-order chi connectivity index (χ1) is 18.7. The minimum absolute atomic E-state index is 0.0307. The van der Waals surface area contributed by atoms with E-state index in [1.54, 1.807) is 30.3 Å². The van der Waals surface area contributed by atoms with E-state index in [9.17, 15) is 35.9 Å². The van der Waals surface area contributed by atoms with Gasteiger partial charge in [0.15, 0.2) is 0 Å². The molecule has 0 atom stereocenters. The number of rotatable bonds is 4. The molecular formula is C28H18ClF6N3O2. The minimum Gasteiger partial charge on any atom is -0.268 e. The molecule has 0 saturated carbocycles. The molecule has 2 aromatic heterocycles. The Kier molecular flexibility index (Phi) is 7.71. The first-order valence-corrected chi connectivity index (χ1v) is 11.9. The number of aryl methyl sites for hydroxylation is 2. The van der Waals surface area contributed by atoms with Gasteiger partial charge in [-0.15, -0.1) is 0 Å². The first-order valence-electron chi connectivity index (χ1n) is 11.5. The van der Waals surface area contributed by atoms with Crippen molar-refractivity contribution in [2.45, 2.75) is 26.2 Å². The van der Waals surface area contributed by atoms with E-state index < -0.39 is 35.6 Å². The molecule has 0 spiro atoms. The van der Waals surface area contributed by atoms with Crippen LogP contribution in [0.3, 0.4) is 0 Å². The molecule has 40 heavy (non-hydrogen) atoms. The van der Waals surface area contributed by atoms with Crippen molar-refractivity contribution in [1.82, 2.24) is 9.97 Å². The van der Waals surface area contributed by atoms with Crippen molar-refractivity contribution in [2.24, 2.45) is 0 Å². The molecule has 0 unspecified atom stereocenters. The van der Waals surface area contributed by atoms with E-state index >= 15 is 0 Å². The lowest BCUT2D eigenvalue weighted by Crippen LogP contribution is -2.38. The number of pyridine rings is 2. The number of carbonyl (C=O) groups excluding carboxylic acids is 2. The zero-order valence-electron chi connectivity index (χ0n) is 20.7. The van der Waals surface area contributed by atoms with E-state index in [1.807, 2.05) is 0 Å². The fourth-order valence-electron chi connectivity index (χ4n) is 3.95. The molecule has 5 nitrogen and oxygen atoms in total. The Bertz CT molecular complexity index is 1530. The van der Waals surface area contributed by atoms with Crippen LogP contribution in [0.5, 0.6) is 0 Å². The second kappa shape index (κ2) is 10.7. The molecule has 0 radical (unpaired) electrons. The number of aromatic nitrogens is 2. The van der Waals surface area contributed by atoms with Crippen molar-refractivity contribution in [2.75, 3.05) is 4.90 Å². The number of nitrogens with zero attached hydrogens (tertiary/aromatic N) is 3.